The van der Waals surface area contributed by atoms with E-state index in [1.807, 2.05) is 24.3 Å². The highest BCUT2D eigenvalue weighted by Crippen LogP contribution is 2.23. The molecule has 1 amide bonds. The number of β-amino-alcohol motifs (C(OH)–C–C–N with tert-alkyl or cyclic N) is 1. The number of hydrogen-bond donors (Lipinski definition) is 3. The van der Waals surface area contributed by atoms with Crippen LogP contribution < -0.4 is 15.8 Å². The molecule has 3 rings (SSSR count). The first kappa shape index (κ1) is 18.1. The van der Waals surface area contributed by atoms with Crippen molar-refractivity contribution in [3.8, 4) is 17.0 Å². The van der Waals surface area contributed by atoms with E-state index in [0.717, 1.165) is 25.1 Å². The number of nitrogens with one attached hydrogen (secondary N) is 1. The highest BCUT2D eigenvalue weighted by molar-refractivity contribution is 5.96. The van der Waals surface area contributed by atoms with Crippen LogP contribution >= 0.6 is 0 Å². The van der Waals surface area contributed by atoms with Crippen molar-refractivity contribution < 1.29 is 14.6 Å². The summed E-state index contributed by atoms with van der Waals surface area (Å²) >= 11 is 0. The monoisotopic (exact) mass is 357 g/mol. The summed E-state index contributed by atoms with van der Waals surface area (Å²) in [5.74, 6) is 0.424. The molecule has 0 radical (unpaired) electrons. The lowest BCUT2D eigenvalue weighted by atomic mass is 10.1. The number of hydrogen-bond acceptors (Lipinski definition) is 7. The Morgan fingerprint density at radius 1 is 1.50 bits per heavy atom. The predicted octanol–water partition coefficient (Wildman–Crippen LogP) is 0.531. The van der Waals surface area contributed by atoms with Gasteiger partial charge in [0, 0.05) is 32.2 Å². The number of benzene rings is 1. The van der Waals surface area contributed by atoms with Crippen LogP contribution in [0.1, 0.15) is 16.9 Å². The third-order valence-electron chi connectivity index (χ3n) is 4.30. The van der Waals surface area contributed by atoms with Crippen LogP contribution in [0.25, 0.3) is 11.3 Å². The fourth-order valence-corrected chi connectivity index (χ4v) is 2.88. The second-order valence-corrected chi connectivity index (χ2v) is 6.19. The molecular formula is C18H23N5O3. The Morgan fingerprint density at radius 3 is 3.08 bits per heavy atom. The molecule has 0 bridgehead atoms. The molecule has 1 saturated heterocycles. The number of carbonyl (C=O) groups excluding carboxylic acids is 1. The fraction of sp³-hybridized carbons (Fsp3) is 0.389. The summed E-state index contributed by atoms with van der Waals surface area (Å²) in [6.45, 7) is 2.90. The molecule has 8 heteroatoms. The Balaban J connectivity index is 1.68. The second kappa shape index (κ2) is 8.11. The van der Waals surface area contributed by atoms with E-state index in [4.69, 9.17) is 10.5 Å². The Morgan fingerprint density at radius 2 is 2.35 bits per heavy atom. The van der Waals surface area contributed by atoms with E-state index in [1.54, 1.807) is 0 Å². The summed E-state index contributed by atoms with van der Waals surface area (Å²) < 4.78 is 5.81. The van der Waals surface area contributed by atoms with Crippen molar-refractivity contribution in [2.24, 2.45) is 0 Å². The van der Waals surface area contributed by atoms with Crippen molar-refractivity contribution in [3.05, 3.63) is 36.2 Å². The van der Waals surface area contributed by atoms with Crippen LogP contribution in [-0.4, -0.2) is 65.3 Å². The molecule has 26 heavy (non-hydrogen) atoms. The van der Waals surface area contributed by atoms with E-state index in [2.05, 4.69) is 20.2 Å². The molecule has 1 aromatic heterocycles. The van der Waals surface area contributed by atoms with Crippen LogP contribution in [0.5, 0.6) is 5.75 Å². The van der Waals surface area contributed by atoms with Gasteiger partial charge in [0.15, 0.2) is 11.5 Å². The topological polar surface area (TPSA) is 114 Å². The van der Waals surface area contributed by atoms with E-state index >= 15 is 0 Å². The fourth-order valence-electron chi connectivity index (χ4n) is 2.88. The zero-order valence-corrected chi connectivity index (χ0v) is 14.7. The second-order valence-electron chi connectivity index (χ2n) is 6.19. The van der Waals surface area contributed by atoms with Crippen LogP contribution in [0, 0.1) is 0 Å². The number of aliphatic hydroxyl groups excluding tert-OH is 1. The first-order valence-corrected chi connectivity index (χ1v) is 8.55. The van der Waals surface area contributed by atoms with Crippen molar-refractivity contribution in [1.29, 1.82) is 0 Å². The van der Waals surface area contributed by atoms with E-state index in [9.17, 15) is 9.90 Å². The van der Waals surface area contributed by atoms with Gasteiger partial charge >= 0.3 is 0 Å². The average molecular weight is 357 g/mol. The van der Waals surface area contributed by atoms with Crippen LogP contribution in [0.3, 0.4) is 0 Å². The maximum absolute atomic E-state index is 11.8. The van der Waals surface area contributed by atoms with Crippen LogP contribution in [0.4, 0.5) is 5.82 Å². The van der Waals surface area contributed by atoms with Gasteiger partial charge in [0.25, 0.3) is 5.91 Å². The number of carbonyl (C=O) groups is 1. The molecule has 1 fully saturated rings. The minimum Gasteiger partial charge on any atom is -0.492 e. The zero-order valence-electron chi connectivity index (χ0n) is 14.7. The predicted molar refractivity (Wildman–Crippen MR) is 97.8 cm³/mol. The maximum Gasteiger partial charge on any atom is 0.273 e. The molecule has 0 aliphatic carbocycles. The number of anilines is 1. The van der Waals surface area contributed by atoms with E-state index in [0.29, 0.717) is 24.6 Å². The van der Waals surface area contributed by atoms with Gasteiger partial charge in [-0.3, -0.25) is 9.69 Å². The molecule has 0 saturated carbocycles. The molecular weight excluding hydrogens is 334 g/mol. The molecule has 8 nitrogen and oxygen atoms in total. The maximum atomic E-state index is 11.8. The molecule has 2 aromatic rings. The number of nitrogens with zero attached hydrogens (tertiary/aromatic N) is 3. The van der Waals surface area contributed by atoms with E-state index in [-0.39, 0.29) is 23.5 Å². The van der Waals surface area contributed by atoms with Gasteiger partial charge in [-0.15, -0.1) is 0 Å². The van der Waals surface area contributed by atoms with Gasteiger partial charge in [-0.2, -0.15) is 0 Å². The summed E-state index contributed by atoms with van der Waals surface area (Å²) in [5.41, 5.74) is 7.16. The van der Waals surface area contributed by atoms with Gasteiger partial charge < -0.3 is 20.9 Å². The summed E-state index contributed by atoms with van der Waals surface area (Å²) in [6.07, 6.45) is 2.13. The third-order valence-corrected chi connectivity index (χ3v) is 4.30. The molecule has 4 N–H and O–H groups in total. The number of aliphatic hydroxyl groups is 1. The Hall–Kier alpha value is -2.71. The Labute approximate surface area is 152 Å². The number of ether oxygens (including phenoxy) is 1. The highest BCUT2D eigenvalue weighted by Gasteiger charge is 2.19. The third kappa shape index (κ3) is 4.27. The van der Waals surface area contributed by atoms with Crippen molar-refractivity contribution in [3.63, 3.8) is 0 Å². The van der Waals surface area contributed by atoms with Gasteiger partial charge in [0.2, 0.25) is 0 Å². The summed E-state index contributed by atoms with van der Waals surface area (Å²) in [5, 5.41) is 12.0. The largest absolute Gasteiger partial charge is 0.492 e. The number of aromatic nitrogens is 2. The van der Waals surface area contributed by atoms with E-state index in [1.165, 1.54) is 13.2 Å². The molecule has 1 unspecified atom stereocenters. The summed E-state index contributed by atoms with van der Waals surface area (Å²) in [7, 11) is 1.52. The smallest absolute Gasteiger partial charge is 0.273 e. The lowest BCUT2D eigenvalue weighted by Crippen LogP contribution is -2.27. The zero-order chi connectivity index (χ0) is 18.5. The number of nitrogens with two attached hydrogens (primary N) is 1. The summed E-state index contributed by atoms with van der Waals surface area (Å²) in [6, 6.07) is 7.46. The number of amides is 1. The normalized spacial score (nSPS) is 17.2. The highest BCUT2D eigenvalue weighted by atomic mass is 16.5. The van der Waals surface area contributed by atoms with Crippen LogP contribution in [-0.2, 0) is 0 Å². The van der Waals surface area contributed by atoms with Crippen molar-refractivity contribution in [2.75, 3.05) is 39.0 Å². The number of rotatable bonds is 6. The van der Waals surface area contributed by atoms with Gasteiger partial charge in [0.05, 0.1) is 18.0 Å². The minimum absolute atomic E-state index is 0.0910. The molecule has 0 spiro atoms. The minimum atomic E-state index is -0.378. The molecule has 1 aliphatic heterocycles. The first-order chi connectivity index (χ1) is 12.6. The lowest BCUT2D eigenvalue weighted by Gasteiger charge is -2.15. The molecule has 138 valence electrons. The van der Waals surface area contributed by atoms with Crippen molar-refractivity contribution in [1.82, 2.24) is 20.2 Å². The average Bonchev–Trinajstić information content (AvgIpc) is 3.07. The van der Waals surface area contributed by atoms with Gasteiger partial charge in [0.1, 0.15) is 12.4 Å². The lowest BCUT2D eigenvalue weighted by molar-refractivity contribution is 0.0959. The van der Waals surface area contributed by atoms with E-state index < -0.39 is 0 Å². The molecule has 1 atom stereocenters. The molecule has 1 aromatic carbocycles. The Bertz CT molecular complexity index is 783. The number of nitrogen functional groups attached to an aromatic ring is 1. The Kier molecular flexibility index (Phi) is 5.65. The van der Waals surface area contributed by atoms with Crippen LogP contribution in [0.15, 0.2) is 30.5 Å². The SMILES string of the molecule is CNC(=O)c1nc(-c2cccc(OCCN3CCC(O)C3)c2)cnc1N. The quantitative estimate of drug-likeness (QED) is 0.691. The number of likely N-dealkylation sites (tertiary alicyclic amines) is 1. The van der Waals surface area contributed by atoms with Crippen LogP contribution in [0.2, 0.25) is 0 Å². The van der Waals surface area contributed by atoms with Crippen molar-refractivity contribution >= 4 is 11.7 Å². The van der Waals surface area contributed by atoms with Crippen molar-refractivity contribution in [2.45, 2.75) is 12.5 Å². The molecule has 1 aliphatic rings. The van der Waals surface area contributed by atoms with Gasteiger partial charge in [-0.1, -0.05) is 12.1 Å². The molecule has 2 heterocycles. The van der Waals surface area contributed by atoms with Gasteiger partial charge in [-0.25, -0.2) is 9.97 Å². The summed E-state index contributed by atoms with van der Waals surface area (Å²) in [4.78, 5) is 22.4. The first-order valence-electron chi connectivity index (χ1n) is 8.55. The van der Waals surface area contributed by atoms with Gasteiger partial charge in [-0.05, 0) is 18.6 Å². The standard InChI is InChI=1S/C18H23N5O3/c1-20-18(25)16-17(19)21-10-15(22-16)12-3-2-4-14(9-12)26-8-7-23-6-5-13(24)11-23/h2-4,9-10,13,24H,5-8,11H2,1H3,(H2,19,21)(H,20,25).